The summed E-state index contributed by atoms with van der Waals surface area (Å²) in [5.41, 5.74) is 5.77. The highest BCUT2D eigenvalue weighted by Crippen LogP contribution is 2.29. The molecule has 0 saturated heterocycles. The van der Waals surface area contributed by atoms with Crippen LogP contribution in [0.15, 0.2) is 53.0 Å². The summed E-state index contributed by atoms with van der Waals surface area (Å²) in [6, 6.07) is 10.6. The van der Waals surface area contributed by atoms with Crippen LogP contribution in [0.5, 0.6) is 0 Å². The molecule has 2 aromatic rings. The molecule has 138 valence electrons. The van der Waals surface area contributed by atoms with Gasteiger partial charge in [-0.3, -0.25) is 9.59 Å². The number of carbonyl (C=O) groups is 2. The number of primary amides is 1. The maximum Gasteiger partial charge on any atom is 0.416 e. The zero-order valence-electron chi connectivity index (χ0n) is 13.5. The van der Waals surface area contributed by atoms with E-state index in [1.165, 1.54) is 12.1 Å². The van der Waals surface area contributed by atoms with Crippen molar-refractivity contribution < 1.29 is 22.8 Å². The quantitative estimate of drug-likeness (QED) is 0.741. The molecular formula is C18H16BrF3N2O2. The third kappa shape index (κ3) is 5.87. The lowest BCUT2D eigenvalue weighted by molar-refractivity contribution is -0.137. The van der Waals surface area contributed by atoms with Crippen LogP contribution in [0.2, 0.25) is 0 Å². The number of hydrogen-bond donors (Lipinski definition) is 2. The number of rotatable bonds is 6. The zero-order valence-corrected chi connectivity index (χ0v) is 15.1. The van der Waals surface area contributed by atoms with Crippen LogP contribution in [0, 0.1) is 0 Å². The highest BCUT2D eigenvalue weighted by Gasteiger charge is 2.30. The van der Waals surface area contributed by atoms with E-state index in [1.807, 2.05) is 0 Å². The number of carbonyl (C=O) groups excluding carboxylic acids is 2. The Hall–Kier alpha value is -2.35. The van der Waals surface area contributed by atoms with Crippen molar-refractivity contribution >= 4 is 27.7 Å². The van der Waals surface area contributed by atoms with Gasteiger partial charge in [-0.15, -0.1) is 0 Å². The van der Waals surface area contributed by atoms with E-state index in [0.29, 0.717) is 5.56 Å². The second-order valence-electron chi connectivity index (χ2n) is 5.72. The molecule has 2 rings (SSSR count). The first-order valence-electron chi connectivity index (χ1n) is 7.64. The van der Waals surface area contributed by atoms with Gasteiger partial charge in [0.2, 0.25) is 11.8 Å². The van der Waals surface area contributed by atoms with Crippen molar-refractivity contribution in [2.45, 2.75) is 25.1 Å². The van der Waals surface area contributed by atoms with E-state index in [2.05, 4.69) is 21.2 Å². The van der Waals surface area contributed by atoms with Crippen LogP contribution in [0.3, 0.4) is 0 Å². The predicted molar refractivity (Wildman–Crippen MR) is 94.1 cm³/mol. The predicted octanol–water partition coefficient (Wildman–Crippen LogP) is 3.22. The van der Waals surface area contributed by atoms with Crippen molar-refractivity contribution in [3.05, 3.63) is 69.7 Å². The number of nitrogens with two attached hydrogens (primary N) is 1. The van der Waals surface area contributed by atoms with Crippen molar-refractivity contribution in [1.82, 2.24) is 5.32 Å². The van der Waals surface area contributed by atoms with Crippen molar-refractivity contribution in [3.63, 3.8) is 0 Å². The molecule has 2 amide bonds. The molecule has 3 N–H and O–H groups in total. The summed E-state index contributed by atoms with van der Waals surface area (Å²) < 4.78 is 38.5. The maximum absolute atomic E-state index is 12.5. The van der Waals surface area contributed by atoms with Gasteiger partial charge in [-0.2, -0.15) is 13.2 Å². The number of benzene rings is 2. The Bertz CT molecular complexity index is 775. The Morgan fingerprint density at radius 3 is 2.04 bits per heavy atom. The lowest BCUT2D eigenvalue weighted by atomic mass is 10.0. The Labute approximate surface area is 156 Å². The number of alkyl halides is 3. The largest absolute Gasteiger partial charge is 0.416 e. The topological polar surface area (TPSA) is 72.2 Å². The second-order valence-corrected chi connectivity index (χ2v) is 6.64. The number of nitrogens with one attached hydrogen (secondary N) is 1. The van der Waals surface area contributed by atoms with Crippen LogP contribution < -0.4 is 11.1 Å². The van der Waals surface area contributed by atoms with Gasteiger partial charge < -0.3 is 11.1 Å². The Morgan fingerprint density at radius 2 is 1.54 bits per heavy atom. The highest BCUT2D eigenvalue weighted by molar-refractivity contribution is 9.10. The minimum Gasteiger partial charge on any atom is -0.368 e. The zero-order chi connectivity index (χ0) is 19.3. The number of hydrogen-bond acceptors (Lipinski definition) is 2. The van der Waals surface area contributed by atoms with Gasteiger partial charge in [0.05, 0.1) is 12.0 Å². The number of halogens is 4. The minimum absolute atomic E-state index is 0.151. The van der Waals surface area contributed by atoms with Crippen LogP contribution in [-0.2, 0) is 28.6 Å². The summed E-state index contributed by atoms with van der Waals surface area (Å²) in [7, 11) is 0. The summed E-state index contributed by atoms with van der Waals surface area (Å²) in [6.45, 7) is 0. The number of amides is 2. The lowest BCUT2D eigenvalue weighted by Crippen LogP contribution is -2.46. The lowest BCUT2D eigenvalue weighted by Gasteiger charge is -2.16. The molecule has 0 radical (unpaired) electrons. The second kappa shape index (κ2) is 8.35. The molecule has 1 atom stereocenters. The third-order valence-electron chi connectivity index (χ3n) is 3.68. The molecule has 0 spiro atoms. The summed E-state index contributed by atoms with van der Waals surface area (Å²) in [4.78, 5) is 23.7. The van der Waals surface area contributed by atoms with Crippen LogP contribution in [0.1, 0.15) is 16.7 Å². The first-order chi connectivity index (χ1) is 12.1. The fourth-order valence-corrected chi connectivity index (χ4v) is 2.59. The third-order valence-corrected chi connectivity index (χ3v) is 4.21. The van der Waals surface area contributed by atoms with Crippen molar-refractivity contribution in [2.24, 2.45) is 5.73 Å². The summed E-state index contributed by atoms with van der Waals surface area (Å²) in [6.07, 6.45) is -4.36. The SMILES string of the molecule is NC(=O)[C@@H](Cc1ccc(Br)cc1)NC(=O)Cc1ccc(C(F)(F)F)cc1. The Morgan fingerprint density at radius 1 is 1.00 bits per heavy atom. The molecule has 0 aliphatic heterocycles. The smallest absolute Gasteiger partial charge is 0.368 e. The van der Waals surface area contributed by atoms with E-state index < -0.39 is 29.6 Å². The van der Waals surface area contributed by atoms with Gasteiger partial charge in [0, 0.05) is 10.9 Å². The molecule has 2 aromatic carbocycles. The Kier molecular flexibility index (Phi) is 6.42. The van der Waals surface area contributed by atoms with Crippen LogP contribution >= 0.6 is 15.9 Å². The monoisotopic (exact) mass is 428 g/mol. The van der Waals surface area contributed by atoms with E-state index in [0.717, 1.165) is 22.2 Å². The van der Waals surface area contributed by atoms with E-state index in [4.69, 9.17) is 5.73 Å². The fourth-order valence-electron chi connectivity index (χ4n) is 2.32. The van der Waals surface area contributed by atoms with Crippen molar-refractivity contribution in [3.8, 4) is 0 Å². The van der Waals surface area contributed by atoms with E-state index in [1.54, 1.807) is 24.3 Å². The highest BCUT2D eigenvalue weighted by atomic mass is 79.9. The first-order valence-corrected chi connectivity index (χ1v) is 8.43. The van der Waals surface area contributed by atoms with Gasteiger partial charge in [0.25, 0.3) is 0 Å². The molecule has 0 bridgehead atoms. The molecule has 0 unspecified atom stereocenters. The molecule has 0 saturated carbocycles. The minimum atomic E-state index is -4.43. The molecule has 0 fully saturated rings. The Balaban J connectivity index is 1.99. The normalized spacial score (nSPS) is 12.5. The van der Waals surface area contributed by atoms with Gasteiger partial charge in [0.1, 0.15) is 6.04 Å². The first kappa shape index (κ1) is 20.0. The van der Waals surface area contributed by atoms with Crippen LogP contribution in [-0.4, -0.2) is 17.9 Å². The average molecular weight is 429 g/mol. The standard InChI is InChI=1S/C18H16BrF3N2O2/c19-14-7-3-11(4-8-14)9-15(17(23)26)24-16(25)10-12-1-5-13(6-2-12)18(20,21)22/h1-8,15H,9-10H2,(H2,23,26)(H,24,25)/t15-/m1/s1. The van der Waals surface area contributed by atoms with Crippen LogP contribution in [0.4, 0.5) is 13.2 Å². The molecule has 0 aliphatic rings. The average Bonchev–Trinajstić information content (AvgIpc) is 2.55. The van der Waals surface area contributed by atoms with Gasteiger partial charge in [-0.05, 0) is 35.4 Å². The molecule has 4 nitrogen and oxygen atoms in total. The van der Waals surface area contributed by atoms with E-state index in [-0.39, 0.29) is 12.8 Å². The van der Waals surface area contributed by atoms with Gasteiger partial charge in [0.15, 0.2) is 0 Å². The van der Waals surface area contributed by atoms with Gasteiger partial charge in [-0.1, -0.05) is 40.2 Å². The summed E-state index contributed by atoms with van der Waals surface area (Å²) >= 11 is 3.30. The molecular weight excluding hydrogens is 413 g/mol. The molecule has 26 heavy (non-hydrogen) atoms. The molecule has 0 heterocycles. The van der Waals surface area contributed by atoms with Gasteiger partial charge in [-0.25, -0.2) is 0 Å². The van der Waals surface area contributed by atoms with Crippen molar-refractivity contribution in [1.29, 1.82) is 0 Å². The molecule has 8 heteroatoms. The van der Waals surface area contributed by atoms with Crippen LogP contribution in [0.25, 0.3) is 0 Å². The molecule has 0 aromatic heterocycles. The molecule has 0 aliphatic carbocycles. The maximum atomic E-state index is 12.5. The van der Waals surface area contributed by atoms with E-state index >= 15 is 0 Å². The fraction of sp³-hybridized carbons (Fsp3) is 0.222. The summed E-state index contributed by atoms with van der Waals surface area (Å²) in [5.74, 6) is -1.18. The van der Waals surface area contributed by atoms with Gasteiger partial charge >= 0.3 is 6.18 Å². The van der Waals surface area contributed by atoms with E-state index in [9.17, 15) is 22.8 Å². The summed E-state index contributed by atoms with van der Waals surface area (Å²) in [5, 5.41) is 2.53. The van der Waals surface area contributed by atoms with Crippen molar-refractivity contribution in [2.75, 3.05) is 0 Å².